The van der Waals surface area contributed by atoms with Gasteiger partial charge in [0.15, 0.2) is 0 Å². The summed E-state index contributed by atoms with van der Waals surface area (Å²) in [5.74, 6) is -0.102. The van der Waals surface area contributed by atoms with Crippen LogP contribution in [-0.2, 0) is 11.2 Å². The highest BCUT2D eigenvalue weighted by molar-refractivity contribution is 7.13. The molecule has 128 valence electrons. The number of hydrogen-bond donors (Lipinski definition) is 1. The lowest BCUT2D eigenvalue weighted by Gasteiger charge is -2.07. The van der Waals surface area contributed by atoms with Gasteiger partial charge in [-0.25, -0.2) is 4.98 Å². The van der Waals surface area contributed by atoms with Gasteiger partial charge in [-0.05, 0) is 36.4 Å². The molecule has 0 bridgehead atoms. The highest BCUT2D eigenvalue weighted by atomic mass is 35.5. The quantitative estimate of drug-likeness (QED) is 0.530. The van der Waals surface area contributed by atoms with E-state index >= 15 is 0 Å². The van der Waals surface area contributed by atoms with Gasteiger partial charge < -0.3 is 5.32 Å². The molecule has 4 aromatic rings. The zero-order valence-electron chi connectivity index (χ0n) is 13.6. The van der Waals surface area contributed by atoms with E-state index in [1.165, 1.54) is 11.3 Å². The number of carbonyl (C=O) groups excluding carboxylic acids is 1. The molecule has 0 radical (unpaired) electrons. The molecule has 2 aromatic heterocycles. The lowest BCUT2D eigenvalue weighted by atomic mass is 10.1. The summed E-state index contributed by atoms with van der Waals surface area (Å²) in [5, 5.41) is 7.35. The van der Waals surface area contributed by atoms with Gasteiger partial charge in [0, 0.05) is 27.5 Å². The van der Waals surface area contributed by atoms with Gasteiger partial charge in [0.25, 0.3) is 0 Å². The van der Waals surface area contributed by atoms with Crippen LogP contribution in [0.2, 0.25) is 5.02 Å². The third-order valence-corrected chi connectivity index (χ3v) is 5.10. The molecule has 0 aliphatic carbocycles. The number of fused-ring (bicyclic) bond motifs is 1. The van der Waals surface area contributed by atoms with Crippen LogP contribution in [0.3, 0.4) is 0 Å². The predicted molar refractivity (Wildman–Crippen MR) is 107 cm³/mol. The van der Waals surface area contributed by atoms with E-state index < -0.39 is 0 Å². The van der Waals surface area contributed by atoms with Gasteiger partial charge >= 0.3 is 0 Å². The number of hydrogen-bond acceptors (Lipinski definition) is 4. The lowest BCUT2D eigenvalue weighted by Crippen LogP contribution is -2.14. The van der Waals surface area contributed by atoms with Gasteiger partial charge in [-0.2, -0.15) is 0 Å². The molecule has 0 fully saturated rings. The molecule has 0 atom stereocenters. The number of thiazole rings is 1. The summed E-state index contributed by atoms with van der Waals surface area (Å²) < 4.78 is 0. The average molecular weight is 380 g/mol. The summed E-state index contributed by atoms with van der Waals surface area (Å²) in [7, 11) is 0. The SMILES string of the molecule is O=C(Cc1csc(-c2ccc(Cl)cc2)n1)Nc1cccc2ncccc12. The zero-order chi connectivity index (χ0) is 17.9. The number of nitrogens with one attached hydrogen (secondary N) is 1. The largest absolute Gasteiger partial charge is 0.325 e. The Bertz CT molecular complexity index is 1070. The molecule has 0 spiro atoms. The van der Waals surface area contributed by atoms with Gasteiger partial charge in [0.2, 0.25) is 5.91 Å². The number of carbonyl (C=O) groups is 1. The monoisotopic (exact) mass is 379 g/mol. The topological polar surface area (TPSA) is 54.9 Å². The van der Waals surface area contributed by atoms with Gasteiger partial charge in [-0.1, -0.05) is 29.8 Å². The lowest BCUT2D eigenvalue weighted by molar-refractivity contribution is -0.115. The fraction of sp³-hybridized carbons (Fsp3) is 0.0500. The molecule has 0 saturated carbocycles. The second kappa shape index (κ2) is 7.23. The van der Waals surface area contributed by atoms with Crippen LogP contribution in [0.1, 0.15) is 5.69 Å². The maximum absolute atomic E-state index is 12.4. The third kappa shape index (κ3) is 3.59. The minimum absolute atomic E-state index is 0.102. The first-order chi connectivity index (χ1) is 12.7. The van der Waals surface area contributed by atoms with E-state index in [1.54, 1.807) is 6.20 Å². The van der Waals surface area contributed by atoms with E-state index in [-0.39, 0.29) is 12.3 Å². The molecule has 1 amide bonds. The second-order valence-corrected chi connectivity index (χ2v) is 7.05. The number of anilines is 1. The molecule has 0 unspecified atom stereocenters. The maximum atomic E-state index is 12.4. The van der Waals surface area contributed by atoms with Crippen molar-refractivity contribution in [2.75, 3.05) is 5.32 Å². The Morgan fingerprint density at radius 2 is 1.92 bits per heavy atom. The number of halogens is 1. The van der Waals surface area contributed by atoms with Crippen LogP contribution < -0.4 is 5.32 Å². The molecular formula is C20H14ClN3OS. The van der Waals surface area contributed by atoms with Crippen LogP contribution in [0.5, 0.6) is 0 Å². The molecule has 2 heterocycles. The molecule has 1 N–H and O–H groups in total. The maximum Gasteiger partial charge on any atom is 0.230 e. The van der Waals surface area contributed by atoms with Crippen LogP contribution in [0.15, 0.2) is 66.2 Å². The van der Waals surface area contributed by atoms with Gasteiger partial charge in [0.1, 0.15) is 5.01 Å². The van der Waals surface area contributed by atoms with Crippen molar-refractivity contribution in [3.63, 3.8) is 0 Å². The molecule has 0 saturated heterocycles. The molecule has 0 aliphatic rings. The highest BCUT2D eigenvalue weighted by Gasteiger charge is 2.11. The van der Waals surface area contributed by atoms with E-state index in [2.05, 4.69) is 15.3 Å². The number of benzene rings is 2. The summed E-state index contributed by atoms with van der Waals surface area (Å²) in [6, 6.07) is 17.0. The van der Waals surface area contributed by atoms with Gasteiger partial charge in [-0.3, -0.25) is 9.78 Å². The Balaban J connectivity index is 1.49. The number of nitrogens with zero attached hydrogens (tertiary/aromatic N) is 2. The molecule has 6 heteroatoms. The van der Waals surface area contributed by atoms with Crippen molar-refractivity contribution in [1.82, 2.24) is 9.97 Å². The first kappa shape index (κ1) is 16.7. The Labute approximate surface area is 159 Å². The normalized spacial score (nSPS) is 10.8. The highest BCUT2D eigenvalue weighted by Crippen LogP contribution is 2.26. The number of aromatic nitrogens is 2. The van der Waals surface area contributed by atoms with Gasteiger partial charge in [0.05, 0.1) is 23.3 Å². The third-order valence-electron chi connectivity index (χ3n) is 3.90. The molecule has 0 aliphatic heterocycles. The van der Waals surface area contributed by atoms with E-state index in [9.17, 15) is 4.79 Å². The molecule has 26 heavy (non-hydrogen) atoms. The van der Waals surface area contributed by atoms with Crippen molar-refractivity contribution in [3.8, 4) is 10.6 Å². The van der Waals surface area contributed by atoms with Crippen molar-refractivity contribution in [2.45, 2.75) is 6.42 Å². The Hall–Kier alpha value is -2.76. The number of pyridine rings is 1. The van der Waals surface area contributed by atoms with Crippen LogP contribution in [0, 0.1) is 0 Å². The Kier molecular flexibility index (Phi) is 4.65. The standard InChI is InChI=1S/C20H14ClN3OS/c21-14-8-6-13(7-9-14)20-23-15(12-26-20)11-19(25)24-18-5-1-4-17-16(18)3-2-10-22-17/h1-10,12H,11H2,(H,24,25). The van der Waals surface area contributed by atoms with Crippen molar-refractivity contribution >= 4 is 45.4 Å². The minimum atomic E-state index is -0.102. The Morgan fingerprint density at radius 1 is 1.08 bits per heavy atom. The molecule has 2 aromatic carbocycles. The summed E-state index contributed by atoms with van der Waals surface area (Å²) in [5.41, 5.74) is 3.35. The summed E-state index contributed by atoms with van der Waals surface area (Å²) in [6.07, 6.45) is 1.96. The van der Waals surface area contributed by atoms with Crippen LogP contribution in [0.25, 0.3) is 21.5 Å². The second-order valence-electron chi connectivity index (χ2n) is 5.75. The molecule has 4 rings (SSSR count). The van der Waals surface area contributed by atoms with E-state index in [4.69, 9.17) is 11.6 Å². The minimum Gasteiger partial charge on any atom is -0.325 e. The molecule has 4 nitrogen and oxygen atoms in total. The van der Waals surface area contributed by atoms with Gasteiger partial charge in [-0.15, -0.1) is 11.3 Å². The van der Waals surface area contributed by atoms with E-state index in [0.717, 1.165) is 32.9 Å². The first-order valence-corrected chi connectivity index (χ1v) is 9.29. The Morgan fingerprint density at radius 3 is 2.77 bits per heavy atom. The zero-order valence-corrected chi connectivity index (χ0v) is 15.2. The smallest absolute Gasteiger partial charge is 0.230 e. The van der Waals surface area contributed by atoms with Crippen molar-refractivity contribution in [2.24, 2.45) is 0 Å². The summed E-state index contributed by atoms with van der Waals surface area (Å²) in [4.78, 5) is 21.3. The predicted octanol–water partition coefficient (Wildman–Crippen LogP) is 5.19. The van der Waals surface area contributed by atoms with Crippen LogP contribution in [-0.4, -0.2) is 15.9 Å². The van der Waals surface area contributed by atoms with E-state index in [0.29, 0.717) is 5.02 Å². The fourth-order valence-electron chi connectivity index (χ4n) is 2.68. The van der Waals surface area contributed by atoms with Crippen LogP contribution in [0.4, 0.5) is 5.69 Å². The summed E-state index contributed by atoms with van der Waals surface area (Å²) in [6.45, 7) is 0. The van der Waals surface area contributed by atoms with Crippen molar-refractivity contribution < 1.29 is 4.79 Å². The molecular weight excluding hydrogens is 366 g/mol. The number of amides is 1. The fourth-order valence-corrected chi connectivity index (χ4v) is 3.64. The van der Waals surface area contributed by atoms with Crippen LogP contribution >= 0.6 is 22.9 Å². The summed E-state index contributed by atoms with van der Waals surface area (Å²) >= 11 is 7.43. The number of rotatable bonds is 4. The van der Waals surface area contributed by atoms with Crippen molar-refractivity contribution in [1.29, 1.82) is 0 Å². The average Bonchev–Trinajstić information content (AvgIpc) is 3.11. The van der Waals surface area contributed by atoms with Crippen molar-refractivity contribution in [3.05, 3.63) is 76.9 Å². The first-order valence-electron chi connectivity index (χ1n) is 8.03. The van der Waals surface area contributed by atoms with E-state index in [1.807, 2.05) is 60.0 Å².